The minimum Gasteiger partial charge on any atom is -0.494 e. The number of ether oxygens (including phenoxy) is 2. The number of carbonyl (C=O) groups is 1. The van der Waals surface area contributed by atoms with Crippen LogP contribution in [0.25, 0.3) is 0 Å². The number of nitrogens with zero attached hydrogens (tertiary/aromatic N) is 1. The van der Waals surface area contributed by atoms with Gasteiger partial charge < -0.3 is 9.47 Å². The number of hydrogen-bond donors (Lipinski definition) is 1. The van der Waals surface area contributed by atoms with Crippen molar-refractivity contribution < 1.29 is 14.3 Å². The van der Waals surface area contributed by atoms with E-state index in [1.54, 1.807) is 30.5 Å². The zero-order chi connectivity index (χ0) is 19.6. The second-order valence-electron chi connectivity index (χ2n) is 5.73. The molecule has 0 atom stereocenters. The molecule has 0 saturated heterocycles. The van der Waals surface area contributed by atoms with Crippen molar-refractivity contribution >= 4 is 44.0 Å². The molecule has 0 fully saturated rings. The predicted molar refractivity (Wildman–Crippen MR) is 115 cm³/mol. The van der Waals surface area contributed by atoms with Crippen LogP contribution in [0.2, 0.25) is 0 Å². The molecule has 0 aliphatic heterocycles. The topological polar surface area (TPSA) is 59.9 Å². The highest BCUT2D eigenvalue weighted by molar-refractivity contribution is 9.11. The van der Waals surface area contributed by atoms with Gasteiger partial charge in [0.25, 0.3) is 5.91 Å². The van der Waals surface area contributed by atoms with Crippen LogP contribution in [0.15, 0.2) is 50.4 Å². The van der Waals surface area contributed by atoms with Crippen molar-refractivity contribution in [3.8, 4) is 11.5 Å². The summed E-state index contributed by atoms with van der Waals surface area (Å²) in [6, 6.07) is 10.7. The quantitative estimate of drug-likeness (QED) is 0.364. The normalized spacial score (nSPS) is 10.8. The zero-order valence-electron chi connectivity index (χ0n) is 15.3. The first-order valence-electron chi connectivity index (χ1n) is 8.73. The molecule has 1 N–H and O–H groups in total. The molecular formula is C20H22Br2N2O3. The van der Waals surface area contributed by atoms with Crippen molar-refractivity contribution in [2.75, 3.05) is 13.2 Å². The van der Waals surface area contributed by atoms with E-state index < -0.39 is 0 Å². The summed E-state index contributed by atoms with van der Waals surface area (Å²) in [5.74, 6) is 1.22. The Kier molecular flexibility index (Phi) is 8.81. The number of hydrogen-bond acceptors (Lipinski definition) is 4. The number of amides is 1. The Morgan fingerprint density at radius 2 is 1.63 bits per heavy atom. The molecule has 1 amide bonds. The van der Waals surface area contributed by atoms with Gasteiger partial charge in [0.05, 0.1) is 28.4 Å². The van der Waals surface area contributed by atoms with Gasteiger partial charge in [0.1, 0.15) is 11.5 Å². The second-order valence-corrected chi connectivity index (χ2v) is 7.44. The van der Waals surface area contributed by atoms with Crippen LogP contribution in [0.3, 0.4) is 0 Å². The molecular weight excluding hydrogens is 476 g/mol. The molecule has 144 valence electrons. The van der Waals surface area contributed by atoms with Crippen molar-refractivity contribution in [1.29, 1.82) is 0 Å². The highest BCUT2D eigenvalue weighted by atomic mass is 79.9. The summed E-state index contributed by atoms with van der Waals surface area (Å²) in [6.07, 6.45) is 3.45. The van der Waals surface area contributed by atoms with Crippen molar-refractivity contribution in [2.45, 2.75) is 26.7 Å². The van der Waals surface area contributed by atoms with Crippen molar-refractivity contribution in [2.24, 2.45) is 5.10 Å². The number of nitrogens with one attached hydrogen (secondary N) is 1. The molecule has 0 radical (unpaired) electrons. The van der Waals surface area contributed by atoms with Gasteiger partial charge in [-0.05, 0) is 86.7 Å². The molecule has 27 heavy (non-hydrogen) atoms. The van der Waals surface area contributed by atoms with Gasteiger partial charge in [0.15, 0.2) is 0 Å². The predicted octanol–water partition coefficient (Wildman–Crippen LogP) is 5.55. The Hall–Kier alpha value is -1.86. The summed E-state index contributed by atoms with van der Waals surface area (Å²) in [6.45, 7) is 5.39. The van der Waals surface area contributed by atoms with Crippen molar-refractivity contribution in [3.05, 3.63) is 56.5 Å². The highest BCUT2D eigenvalue weighted by Crippen LogP contribution is 2.34. The van der Waals surface area contributed by atoms with Crippen molar-refractivity contribution in [1.82, 2.24) is 5.43 Å². The van der Waals surface area contributed by atoms with Gasteiger partial charge >= 0.3 is 0 Å². The number of halogens is 2. The summed E-state index contributed by atoms with van der Waals surface area (Å²) in [5, 5.41) is 4.03. The fourth-order valence-corrected chi connectivity index (χ4v) is 3.60. The number of benzene rings is 2. The maximum atomic E-state index is 12.2. The number of hydrazone groups is 1. The smallest absolute Gasteiger partial charge is 0.271 e. The van der Waals surface area contributed by atoms with E-state index in [-0.39, 0.29) is 5.91 Å². The summed E-state index contributed by atoms with van der Waals surface area (Å²) in [7, 11) is 0. The maximum absolute atomic E-state index is 12.2. The first-order valence-corrected chi connectivity index (χ1v) is 10.3. The Bertz CT molecular complexity index is 769. The van der Waals surface area contributed by atoms with E-state index in [1.807, 2.05) is 19.1 Å². The van der Waals surface area contributed by atoms with Gasteiger partial charge in [0.2, 0.25) is 0 Å². The van der Waals surface area contributed by atoms with E-state index in [0.717, 1.165) is 38.8 Å². The van der Waals surface area contributed by atoms with Crippen LogP contribution in [-0.2, 0) is 0 Å². The van der Waals surface area contributed by atoms with E-state index in [9.17, 15) is 4.79 Å². The average molecular weight is 498 g/mol. The molecule has 0 heterocycles. The third-order valence-electron chi connectivity index (χ3n) is 3.44. The minimum atomic E-state index is -0.283. The monoisotopic (exact) mass is 496 g/mol. The van der Waals surface area contributed by atoms with E-state index in [1.165, 1.54) is 0 Å². The molecule has 0 aliphatic carbocycles. The first kappa shape index (κ1) is 21.4. The van der Waals surface area contributed by atoms with Gasteiger partial charge in [-0.15, -0.1) is 0 Å². The molecule has 0 spiro atoms. The molecule has 0 unspecified atom stereocenters. The lowest BCUT2D eigenvalue weighted by Crippen LogP contribution is -2.17. The number of carbonyl (C=O) groups excluding carboxylic acids is 1. The van der Waals surface area contributed by atoms with Crippen LogP contribution >= 0.6 is 31.9 Å². The molecule has 0 aromatic heterocycles. The molecule has 0 aliphatic rings. The Balaban J connectivity index is 1.97. The van der Waals surface area contributed by atoms with Crippen LogP contribution in [0.1, 0.15) is 42.6 Å². The molecule has 0 bridgehead atoms. The summed E-state index contributed by atoms with van der Waals surface area (Å²) < 4.78 is 12.8. The fourth-order valence-electron chi connectivity index (χ4n) is 2.15. The Morgan fingerprint density at radius 3 is 2.22 bits per heavy atom. The Morgan fingerprint density at radius 1 is 1.04 bits per heavy atom. The van der Waals surface area contributed by atoms with E-state index in [4.69, 9.17) is 9.47 Å². The lowest BCUT2D eigenvalue weighted by molar-refractivity contribution is 0.0955. The van der Waals surface area contributed by atoms with Gasteiger partial charge in [-0.3, -0.25) is 4.79 Å². The summed E-state index contributed by atoms with van der Waals surface area (Å²) in [4.78, 5) is 12.2. The van der Waals surface area contributed by atoms with E-state index in [2.05, 4.69) is 49.3 Å². The van der Waals surface area contributed by atoms with E-state index >= 15 is 0 Å². The average Bonchev–Trinajstić information content (AvgIpc) is 2.66. The third-order valence-corrected chi connectivity index (χ3v) is 4.62. The second kappa shape index (κ2) is 11.1. The lowest BCUT2D eigenvalue weighted by Gasteiger charge is -2.10. The SMILES string of the molecule is CCCOc1ccc(C(=O)N/N=C/c2cc(Br)c(OCCC)c(Br)c2)cc1. The van der Waals surface area contributed by atoms with Gasteiger partial charge in [0, 0.05) is 5.56 Å². The van der Waals surface area contributed by atoms with Gasteiger partial charge in [-0.2, -0.15) is 5.10 Å². The molecule has 2 aromatic carbocycles. The van der Waals surface area contributed by atoms with Crippen LogP contribution in [0.4, 0.5) is 0 Å². The summed E-state index contributed by atoms with van der Waals surface area (Å²) in [5.41, 5.74) is 3.86. The highest BCUT2D eigenvalue weighted by Gasteiger charge is 2.08. The maximum Gasteiger partial charge on any atom is 0.271 e. The minimum absolute atomic E-state index is 0.283. The van der Waals surface area contributed by atoms with Crippen molar-refractivity contribution in [3.63, 3.8) is 0 Å². The van der Waals surface area contributed by atoms with Gasteiger partial charge in [-0.1, -0.05) is 13.8 Å². The first-order chi connectivity index (χ1) is 13.0. The Labute approximate surface area is 176 Å². The molecule has 2 rings (SSSR count). The lowest BCUT2D eigenvalue weighted by atomic mass is 10.2. The fraction of sp³-hybridized carbons (Fsp3) is 0.300. The van der Waals surface area contributed by atoms with Gasteiger partial charge in [-0.25, -0.2) is 5.43 Å². The van der Waals surface area contributed by atoms with E-state index in [0.29, 0.717) is 18.8 Å². The largest absolute Gasteiger partial charge is 0.494 e. The van der Waals surface area contributed by atoms with Crippen LogP contribution in [0.5, 0.6) is 11.5 Å². The molecule has 2 aromatic rings. The number of rotatable bonds is 9. The standard InChI is InChI=1S/C20H22Br2N2O3/c1-3-9-26-16-7-5-15(6-8-16)20(25)24-23-13-14-11-17(21)19(18(22)12-14)27-10-4-2/h5-8,11-13H,3-4,9-10H2,1-2H3,(H,24,25)/b23-13+. The third kappa shape index (κ3) is 6.66. The molecule has 0 saturated carbocycles. The van der Waals surface area contributed by atoms with Crippen LogP contribution in [-0.4, -0.2) is 25.3 Å². The van der Waals surface area contributed by atoms with Crippen LogP contribution in [0, 0.1) is 0 Å². The molecule has 7 heteroatoms. The summed E-state index contributed by atoms with van der Waals surface area (Å²) >= 11 is 6.99. The zero-order valence-corrected chi connectivity index (χ0v) is 18.5. The van der Waals surface area contributed by atoms with Crippen LogP contribution < -0.4 is 14.9 Å². The molecule has 5 nitrogen and oxygen atoms in total.